The number of carbonyl (C=O) groups excluding carboxylic acids is 2. The van der Waals surface area contributed by atoms with Crippen LogP contribution < -0.4 is 4.74 Å². The first kappa shape index (κ1) is 27.7. The molecule has 1 unspecified atom stereocenters. The van der Waals surface area contributed by atoms with Crippen LogP contribution in [0, 0.1) is 28.6 Å². The molecule has 37 heavy (non-hydrogen) atoms. The third-order valence-electron chi connectivity index (χ3n) is 6.30. The smallest absolute Gasteiger partial charge is 0.455 e. The number of methoxy groups -OCH3 is 1. The first-order valence-corrected chi connectivity index (χ1v) is 11.3. The van der Waals surface area contributed by atoms with Gasteiger partial charge in [-0.25, -0.2) is 4.79 Å². The summed E-state index contributed by atoms with van der Waals surface area (Å²) in [7, 11) is 0.773. The van der Waals surface area contributed by atoms with Crippen LogP contribution in [0.2, 0.25) is 0 Å². The van der Waals surface area contributed by atoms with Crippen LogP contribution in [0.15, 0.2) is 66.7 Å². The van der Waals surface area contributed by atoms with Crippen LogP contribution >= 0.6 is 0 Å². The van der Waals surface area contributed by atoms with E-state index in [4.69, 9.17) is 9.47 Å². The lowest BCUT2D eigenvalue weighted by Crippen LogP contribution is -2.47. The van der Waals surface area contributed by atoms with Gasteiger partial charge in [-0.05, 0) is 35.6 Å². The maximum absolute atomic E-state index is 13.1. The number of hydrogen-bond acceptors (Lipinski definition) is 7. The number of alkyl halides is 3. The van der Waals surface area contributed by atoms with Gasteiger partial charge in [-0.15, -0.1) is 0 Å². The van der Waals surface area contributed by atoms with E-state index in [1.165, 1.54) is 6.08 Å². The van der Waals surface area contributed by atoms with Crippen LogP contribution in [-0.2, 0) is 23.8 Å². The number of nitrogens with zero attached hydrogens (tertiary/aromatic N) is 1. The molecule has 3 rings (SSSR count). The predicted molar refractivity (Wildman–Crippen MR) is 125 cm³/mol. The van der Waals surface area contributed by atoms with Gasteiger partial charge in [0, 0.05) is 25.7 Å². The van der Waals surface area contributed by atoms with Gasteiger partial charge in [-0.3, -0.25) is 4.79 Å². The highest BCUT2D eigenvalue weighted by Crippen LogP contribution is 2.59. The Morgan fingerprint density at radius 3 is 2.32 bits per heavy atom. The van der Waals surface area contributed by atoms with E-state index in [0.29, 0.717) is 24.0 Å². The second-order valence-electron chi connectivity index (χ2n) is 9.19. The minimum Gasteiger partial charge on any atom is -0.457 e. The Morgan fingerprint density at radius 1 is 1.08 bits per heavy atom. The summed E-state index contributed by atoms with van der Waals surface area (Å²) in [6.07, 6.45) is -4.02. The molecular weight excluding hydrogens is 491 g/mol. The van der Waals surface area contributed by atoms with Gasteiger partial charge in [0.2, 0.25) is 6.10 Å². The topological polar surface area (TPSA) is 94.9 Å². The molecule has 0 spiro atoms. The van der Waals surface area contributed by atoms with Crippen molar-refractivity contribution in [3.05, 3.63) is 72.3 Å². The van der Waals surface area contributed by atoms with E-state index in [1.807, 2.05) is 24.3 Å². The average molecular weight is 518 g/mol. The number of para-hydroxylation sites is 1. The summed E-state index contributed by atoms with van der Waals surface area (Å²) in [4.78, 5) is 24.9. The number of hydrogen-bond donors (Lipinski definition) is 0. The number of esters is 2. The van der Waals surface area contributed by atoms with E-state index in [-0.39, 0.29) is 0 Å². The van der Waals surface area contributed by atoms with Gasteiger partial charge in [-0.2, -0.15) is 18.4 Å². The summed E-state index contributed by atoms with van der Waals surface area (Å²) in [5.74, 6) is -5.24. The minimum atomic E-state index is -4.94. The molecule has 1 aliphatic rings. The zero-order valence-electron chi connectivity index (χ0n) is 20.6. The van der Waals surface area contributed by atoms with E-state index in [0.717, 1.165) is 13.2 Å². The Hall–Kier alpha value is -3.84. The van der Waals surface area contributed by atoms with E-state index >= 15 is 0 Å². The van der Waals surface area contributed by atoms with E-state index in [1.54, 1.807) is 50.2 Å². The summed E-state index contributed by atoms with van der Waals surface area (Å²) < 4.78 is 59.2. The molecule has 1 aliphatic carbocycles. The van der Waals surface area contributed by atoms with Gasteiger partial charge in [0.05, 0.1) is 5.92 Å². The van der Waals surface area contributed by atoms with Crippen molar-refractivity contribution in [2.24, 2.45) is 17.3 Å². The Kier molecular flexibility index (Phi) is 7.98. The number of ether oxygens (including phenoxy) is 4. The number of benzene rings is 2. The van der Waals surface area contributed by atoms with Crippen molar-refractivity contribution in [3.63, 3.8) is 0 Å². The molecule has 0 N–H and O–H groups in total. The fourth-order valence-corrected chi connectivity index (χ4v) is 3.83. The first-order chi connectivity index (χ1) is 17.3. The molecule has 0 aliphatic heterocycles. The number of nitriles is 1. The van der Waals surface area contributed by atoms with E-state index in [2.05, 4.69) is 9.47 Å². The Labute approximate surface area is 212 Å². The summed E-state index contributed by atoms with van der Waals surface area (Å²) in [5.41, 5.74) is -0.245. The maximum atomic E-state index is 13.1. The van der Waals surface area contributed by atoms with E-state index < -0.39 is 47.3 Å². The van der Waals surface area contributed by atoms with Crippen LogP contribution in [0.4, 0.5) is 13.2 Å². The summed E-state index contributed by atoms with van der Waals surface area (Å²) in [6.45, 7) is 4.07. The van der Waals surface area contributed by atoms with Crippen molar-refractivity contribution in [1.82, 2.24) is 0 Å². The molecule has 0 amide bonds. The Morgan fingerprint density at radius 2 is 1.73 bits per heavy atom. The summed E-state index contributed by atoms with van der Waals surface area (Å²) >= 11 is 0. The fourth-order valence-electron chi connectivity index (χ4n) is 3.83. The fraction of sp³-hybridized carbons (Fsp3) is 0.370. The average Bonchev–Trinajstić information content (AvgIpc) is 3.41. The second kappa shape index (κ2) is 10.6. The second-order valence-corrected chi connectivity index (χ2v) is 9.19. The molecule has 0 bridgehead atoms. The van der Waals surface area contributed by atoms with Crippen LogP contribution in [-0.4, -0.2) is 31.0 Å². The zero-order valence-corrected chi connectivity index (χ0v) is 20.6. The SMILES string of the molecule is COC(C)(OC(=O)/C=C\[C@H]1[C@@H](C(=O)O[C@H](C#N)c2cccc(Oc3ccccc3)c2)C1(C)C)C(F)(F)F. The molecular formula is C27H26F3NO6. The van der Waals surface area contributed by atoms with Crippen molar-refractivity contribution in [2.45, 2.75) is 38.8 Å². The minimum absolute atomic E-state index is 0.407. The molecule has 0 radical (unpaired) electrons. The number of carbonyl (C=O) groups is 2. The van der Waals surface area contributed by atoms with Crippen LogP contribution in [0.5, 0.6) is 11.5 Å². The van der Waals surface area contributed by atoms with Crippen molar-refractivity contribution in [3.8, 4) is 17.6 Å². The Bertz CT molecular complexity index is 1200. The standard InChI is InChI=1S/C27H26F3NO6/c1-25(2)20(13-14-22(32)37-26(3,34-4)27(28,29)30)23(25)24(33)36-21(16-31)17-9-8-12-19(15-17)35-18-10-6-5-7-11-18/h5-15,20-21,23H,1-4H3/b14-13-/t20-,21+,23-,26?/m0/s1. The lowest BCUT2D eigenvalue weighted by atomic mass is 10.1. The molecule has 7 nitrogen and oxygen atoms in total. The van der Waals surface area contributed by atoms with Gasteiger partial charge in [0.1, 0.15) is 17.6 Å². The molecule has 0 saturated heterocycles. The molecule has 1 saturated carbocycles. The lowest BCUT2D eigenvalue weighted by Gasteiger charge is -2.29. The molecule has 2 aromatic rings. The largest absolute Gasteiger partial charge is 0.457 e. The molecule has 0 heterocycles. The lowest BCUT2D eigenvalue weighted by molar-refractivity contribution is -0.350. The third-order valence-corrected chi connectivity index (χ3v) is 6.30. The third kappa shape index (κ3) is 6.30. The van der Waals surface area contributed by atoms with Gasteiger partial charge in [0.15, 0.2) is 0 Å². The monoisotopic (exact) mass is 517 g/mol. The molecule has 196 valence electrons. The molecule has 2 aromatic carbocycles. The maximum Gasteiger partial charge on any atom is 0.455 e. The Balaban J connectivity index is 1.65. The number of halogens is 3. The summed E-state index contributed by atoms with van der Waals surface area (Å²) in [5, 5.41) is 9.63. The molecule has 10 heteroatoms. The van der Waals surface area contributed by atoms with Gasteiger partial charge in [-0.1, -0.05) is 50.3 Å². The highest BCUT2D eigenvalue weighted by Gasteiger charge is 2.62. The molecule has 1 fully saturated rings. The normalized spacial score (nSPS) is 20.8. The highest BCUT2D eigenvalue weighted by molar-refractivity contribution is 5.84. The van der Waals surface area contributed by atoms with Crippen molar-refractivity contribution in [1.29, 1.82) is 5.26 Å². The zero-order chi connectivity index (χ0) is 27.4. The number of rotatable bonds is 9. The van der Waals surface area contributed by atoms with Gasteiger partial charge < -0.3 is 18.9 Å². The van der Waals surface area contributed by atoms with Crippen LogP contribution in [0.25, 0.3) is 0 Å². The number of allylic oxidation sites excluding steroid dienone is 1. The highest BCUT2D eigenvalue weighted by atomic mass is 19.4. The van der Waals surface area contributed by atoms with E-state index in [9.17, 15) is 28.0 Å². The first-order valence-electron chi connectivity index (χ1n) is 11.3. The van der Waals surface area contributed by atoms with Crippen molar-refractivity contribution < 1.29 is 41.7 Å². The molecule has 4 atom stereocenters. The van der Waals surface area contributed by atoms with Crippen LogP contribution in [0.1, 0.15) is 32.4 Å². The predicted octanol–water partition coefficient (Wildman–Crippen LogP) is 5.88. The quantitative estimate of drug-likeness (QED) is 0.233. The van der Waals surface area contributed by atoms with Gasteiger partial charge >= 0.3 is 23.9 Å². The van der Waals surface area contributed by atoms with Gasteiger partial charge in [0.25, 0.3) is 0 Å². The van der Waals surface area contributed by atoms with Crippen molar-refractivity contribution in [2.75, 3.05) is 7.11 Å². The van der Waals surface area contributed by atoms with Crippen LogP contribution in [0.3, 0.4) is 0 Å². The molecule has 0 aromatic heterocycles. The summed E-state index contributed by atoms with van der Waals surface area (Å²) in [6, 6.07) is 17.5. The van der Waals surface area contributed by atoms with Crippen molar-refractivity contribution >= 4 is 11.9 Å².